The van der Waals surface area contributed by atoms with Crippen molar-refractivity contribution < 1.29 is 0 Å². The van der Waals surface area contributed by atoms with Gasteiger partial charge in [0, 0.05) is 36.7 Å². The fourth-order valence-corrected chi connectivity index (χ4v) is 2.46. The van der Waals surface area contributed by atoms with Crippen molar-refractivity contribution >= 4 is 15.9 Å². The number of rotatable bonds is 2. The van der Waals surface area contributed by atoms with E-state index in [1.54, 1.807) is 0 Å². The van der Waals surface area contributed by atoms with Crippen LogP contribution in [0.2, 0.25) is 0 Å². The first-order valence-electron chi connectivity index (χ1n) is 5.47. The fraction of sp³-hybridized carbons (Fsp3) is 0.500. The summed E-state index contributed by atoms with van der Waals surface area (Å²) in [5.74, 6) is 0. The SMILES string of the molecule is C[C@@H](c1cccc(Br)c1)N1CCNCC1. The molecule has 15 heavy (non-hydrogen) atoms. The second kappa shape index (κ2) is 5.10. The van der Waals surface area contributed by atoms with Gasteiger partial charge >= 0.3 is 0 Å². The third-order valence-electron chi connectivity index (χ3n) is 3.03. The zero-order valence-corrected chi connectivity index (χ0v) is 10.6. The monoisotopic (exact) mass is 268 g/mol. The van der Waals surface area contributed by atoms with Gasteiger partial charge in [-0.15, -0.1) is 0 Å². The molecule has 1 aromatic rings. The van der Waals surface area contributed by atoms with E-state index >= 15 is 0 Å². The van der Waals surface area contributed by atoms with Crippen LogP contribution in [0, 0.1) is 0 Å². The first-order valence-corrected chi connectivity index (χ1v) is 6.27. The maximum atomic E-state index is 3.52. The summed E-state index contributed by atoms with van der Waals surface area (Å²) in [6.45, 7) is 6.80. The molecule has 0 radical (unpaired) electrons. The van der Waals surface area contributed by atoms with Crippen LogP contribution in [0.3, 0.4) is 0 Å². The van der Waals surface area contributed by atoms with E-state index in [1.807, 2.05) is 0 Å². The predicted molar refractivity (Wildman–Crippen MR) is 67.0 cm³/mol. The lowest BCUT2D eigenvalue weighted by molar-refractivity contribution is 0.185. The van der Waals surface area contributed by atoms with Crippen molar-refractivity contribution in [1.82, 2.24) is 10.2 Å². The van der Waals surface area contributed by atoms with Crippen LogP contribution >= 0.6 is 15.9 Å². The minimum Gasteiger partial charge on any atom is -0.314 e. The molecule has 0 saturated carbocycles. The van der Waals surface area contributed by atoms with Crippen LogP contribution in [0.5, 0.6) is 0 Å². The number of hydrogen-bond acceptors (Lipinski definition) is 2. The van der Waals surface area contributed by atoms with Crippen LogP contribution in [0.4, 0.5) is 0 Å². The van der Waals surface area contributed by atoms with Crippen molar-refractivity contribution in [3.63, 3.8) is 0 Å². The Labute approximate surface area is 99.8 Å². The number of nitrogens with one attached hydrogen (secondary N) is 1. The molecule has 82 valence electrons. The average Bonchev–Trinajstić information content (AvgIpc) is 2.29. The third kappa shape index (κ3) is 2.80. The molecule has 1 aliphatic heterocycles. The molecular weight excluding hydrogens is 252 g/mol. The van der Waals surface area contributed by atoms with E-state index in [0.717, 1.165) is 26.2 Å². The summed E-state index contributed by atoms with van der Waals surface area (Å²) in [5.41, 5.74) is 1.39. The van der Waals surface area contributed by atoms with Gasteiger partial charge in [-0.05, 0) is 24.6 Å². The molecule has 0 spiro atoms. The molecule has 1 atom stereocenters. The van der Waals surface area contributed by atoms with E-state index in [4.69, 9.17) is 0 Å². The van der Waals surface area contributed by atoms with Crippen molar-refractivity contribution in [2.45, 2.75) is 13.0 Å². The van der Waals surface area contributed by atoms with Gasteiger partial charge in [0.15, 0.2) is 0 Å². The largest absolute Gasteiger partial charge is 0.314 e. The molecule has 1 saturated heterocycles. The minimum atomic E-state index is 0.518. The van der Waals surface area contributed by atoms with Gasteiger partial charge < -0.3 is 5.32 Å². The molecule has 0 aromatic heterocycles. The summed E-state index contributed by atoms with van der Waals surface area (Å²) in [7, 11) is 0. The standard InChI is InChI=1S/C12H17BrN2/c1-10(15-7-5-14-6-8-15)11-3-2-4-12(13)9-11/h2-4,9-10,14H,5-8H2,1H3/t10-/m0/s1. The smallest absolute Gasteiger partial charge is 0.0321 e. The van der Waals surface area contributed by atoms with Crippen molar-refractivity contribution in [2.75, 3.05) is 26.2 Å². The highest BCUT2D eigenvalue weighted by molar-refractivity contribution is 9.10. The summed E-state index contributed by atoms with van der Waals surface area (Å²) >= 11 is 3.52. The Hall–Kier alpha value is -0.380. The fourth-order valence-electron chi connectivity index (χ4n) is 2.05. The molecule has 1 N–H and O–H groups in total. The average molecular weight is 269 g/mol. The van der Waals surface area contributed by atoms with Gasteiger partial charge in [-0.25, -0.2) is 0 Å². The van der Waals surface area contributed by atoms with Gasteiger partial charge in [-0.3, -0.25) is 4.90 Å². The topological polar surface area (TPSA) is 15.3 Å². The van der Waals surface area contributed by atoms with Gasteiger partial charge in [-0.2, -0.15) is 0 Å². The van der Waals surface area contributed by atoms with Gasteiger partial charge in [0.25, 0.3) is 0 Å². The molecule has 2 nitrogen and oxygen atoms in total. The molecule has 0 amide bonds. The number of benzene rings is 1. The Morgan fingerprint density at radius 2 is 2.07 bits per heavy atom. The van der Waals surface area contributed by atoms with Crippen LogP contribution in [-0.4, -0.2) is 31.1 Å². The highest BCUT2D eigenvalue weighted by Crippen LogP contribution is 2.23. The maximum Gasteiger partial charge on any atom is 0.0321 e. The second-order valence-corrected chi connectivity index (χ2v) is 4.93. The summed E-state index contributed by atoms with van der Waals surface area (Å²) in [6, 6.07) is 9.13. The Morgan fingerprint density at radius 3 is 2.73 bits per heavy atom. The highest BCUT2D eigenvalue weighted by atomic mass is 79.9. The lowest BCUT2D eigenvalue weighted by atomic mass is 10.1. The van der Waals surface area contributed by atoms with E-state index in [9.17, 15) is 0 Å². The molecule has 3 heteroatoms. The van der Waals surface area contributed by atoms with Gasteiger partial charge in [0.1, 0.15) is 0 Å². The summed E-state index contributed by atoms with van der Waals surface area (Å²) in [5, 5.41) is 3.38. The number of nitrogens with zero attached hydrogens (tertiary/aromatic N) is 1. The summed E-state index contributed by atoms with van der Waals surface area (Å²) < 4.78 is 1.17. The summed E-state index contributed by atoms with van der Waals surface area (Å²) in [6.07, 6.45) is 0. The molecular formula is C12H17BrN2. The van der Waals surface area contributed by atoms with Crippen molar-refractivity contribution in [3.8, 4) is 0 Å². The molecule has 1 heterocycles. The van der Waals surface area contributed by atoms with Crippen LogP contribution < -0.4 is 5.32 Å². The normalized spacial score (nSPS) is 20.1. The van der Waals surface area contributed by atoms with Crippen LogP contribution in [0.25, 0.3) is 0 Å². The van der Waals surface area contributed by atoms with Gasteiger partial charge in [-0.1, -0.05) is 28.1 Å². The minimum absolute atomic E-state index is 0.518. The van der Waals surface area contributed by atoms with E-state index in [1.165, 1.54) is 10.0 Å². The van der Waals surface area contributed by atoms with Crippen LogP contribution in [0.15, 0.2) is 28.7 Å². The van der Waals surface area contributed by atoms with Crippen molar-refractivity contribution in [1.29, 1.82) is 0 Å². The first-order chi connectivity index (χ1) is 7.27. The van der Waals surface area contributed by atoms with Crippen molar-refractivity contribution in [2.24, 2.45) is 0 Å². The third-order valence-corrected chi connectivity index (χ3v) is 3.52. The Bertz CT molecular complexity index is 321. The van der Waals surface area contributed by atoms with Crippen LogP contribution in [-0.2, 0) is 0 Å². The molecule has 0 unspecified atom stereocenters. The highest BCUT2D eigenvalue weighted by Gasteiger charge is 2.17. The Balaban J connectivity index is 2.08. The molecule has 0 bridgehead atoms. The maximum absolute atomic E-state index is 3.52. The first kappa shape index (κ1) is 11.1. The zero-order chi connectivity index (χ0) is 10.7. The molecule has 2 rings (SSSR count). The van der Waals surface area contributed by atoms with Gasteiger partial charge in [0.05, 0.1) is 0 Å². The number of halogens is 1. The van der Waals surface area contributed by atoms with E-state index in [2.05, 4.69) is 57.3 Å². The van der Waals surface area contributed by atoms with E-state index < -0.39 is 0 Å². The lowest BCUT2D eigenvalue weighted by Gasteiger charge is -2.33. The van der Waals surface area contributed by atoms with Gasteiger partial charge in [0.2, 0.25) is 0 Å². The molecule has 1 fully saturated rings. The molecule has 1 aliphatic rings. The van der Waals surface area contributed by atoms with Crippen molar-refractivity contribution in [3.05, 3.63) is 34.3 Å². The zero-order valence-electron chi connectivity index (χ0n) is 9.04. The number of piperazine rings is 1. The molecule has 1 aromatic carbocycles. The Kier molecular flexibility index (Phi) is 3.78. The second-order valence-electron chi connectivity index (χ2n) is 4.02. The van der Waals surface area contributed by atoms with E-state index in [0.29, 0.717) is 6.04 Å². The summed E-state index contributed by atoms with van der Waals surface area (Å²) in [4.78, 5) is 2.53. The van der Waals surface area contributed by atoms with Crippen LogP contribution in [0.1, 0.15) is 18.5 Å². The quantitative estimate of drug-likeness (QED) is 0.887. The lowest BCUT2D eigenvalue weighted by Crippen LogP contribution is -2.44. The number of hydrogen-bond donors (Lipinski definition) is 1. The van der Waals surface area contributed by atoms with E-state index in [-0.39, 0.29) is 0 Å². The Morgan fingerprint density at radius 1 is 1.33 bits per heavy atom. The molecule has 0 aliphatic carbocycles. The predicted octanol–water partition coefficient (Wildman–Crippen LogP) is 2.42.